The zero-order chi connectivity index (χ0) is 21.3. The number of amides is 3. The normalized spacial score (nSPS) is 17.8. The van der Waals surface area contributed by atoms with Crippen molar-refractivity contribution >= 4 is 56.4 Å². The van der Waals surface area contributed by atoms with E-state index in [9.17, 15) is 22.8 Å². The number of hydrogen-bond acceptors (Lipinski definition) is 5. The van der Waals surface area contributed by atoms with E-state index in [0.29, 0.717) is 15.7 Å². The Morgan fingerprint density at radius 3 is 2.17 bits per heavy atom. The largest absolute Gasteiger partial charge is 0.326 e. The van der Waals surface area contributed by atoms with Crippen molar-refractivity contribution in [1.29, 1.82) is 0 Å². The molecule has 10 heteroatoms. The van der Waals surface area contributed by atoms with Crippen molar-refractivity contribution < 1.29 is 22.8 Å². The Morgan fingerprint density at radius 1 is 1.07 bits per heavy atom. The van der Waals surface area contributed by atoms with Gasteiger partial charge in [-0.3, -0.25) is 14.4 Å². The molecule has 3 amide bonds. The van der Waals surface area contributed by atoms with Gasteiger partial charge in [0.25, 0.3) is 5.91 Å². The molecule has 1 heterocycles. The number of hydrogen-bond donors (Lipinski definition) is 2. The van der Waals surface area contributed by atoms with Crippen LogP contribution in [0.3, 0.4) is 0 Å². The molecule has 1 unspecified atom stereocenters. The molecule has 1 atom stereocenters. The number of anilines is 3. The second-order valence-electron chi connectivity index (χ2n) is 6.66. The Kier molecular flexibility index (Phi) is 5.63. The van der Waals surface area contributed by atoms with Crippen molar-refractivity contribution in [2.45, 2.75) is 13.8 Å². The molecule has 1 fully saturated rings. The number of rotatable bonds is 4. The lowest BCUT2D eigenvalue weighted by molar-refractivity contribution is -0.119. The summed E-state index contributed by atoms with van der Waals surface area (Å²) < 4.78 is 25.3. The van der Waals surface area contributed by atoms with Gasteiger partial charge in [0.1, 0.15) is 0 Å². The van der Waals surface area contributed by atoms with Crippen molar-refractivity contribution in [3.8, 4) is 0 Å². The number of sulfonamides is 1. The average Bonchev–Trinajstić information content (AvgIpc) is 2.84. The molecular weight excluding hydrogens is 418 g/mol. The Balaban J connectivity index is 1.85. The zero-order valence-corrected chi connectivity index (χ0v) is 17.2. The van der Waals surface area contributed by atoms with Gasteiger partial charge in [0.05, 0.1) is 27.9 Å². The number of carbonyl (C=O) groups is 3. The fourth-order valence-electron chi connectivity index (χ4n) is 2.94. The molecule has 2 aromatic carbocycles. The van der Waals surface area contributed by atoms with Crippen LogP contribution in [0.1, 0.15) is 24.2 Å². The molecule has 2 N–H and O–H groups in total. The molecule has 1 saturated heterocycles. The standard InChI is InChI=1S/C19H18ClN3O5S/c1-11-10-29(27,28)23(19(11)26)15-7-8-17(20)16(9-15)18(25)22-14-5-3-13(4-6-14)21-12(2)24/h3-9,11H,10H2,1-2H3,(H,21,24)(H,22,25). The van der Waals surface area contributed by atoms with E-state index >= 15 is 0 Å². The van der Waals surface area contributed by atoms with Gasteiger partial charge in [0.2, 0.25) is 21.8 Å². The molecule has 0 radical (unpaired) electrons. The fourth-order valence-corrected chi connectivity index (χ4v) is 4.95. The lowest BCUT2D eigenvalue weighted by atomic mass is 10.1. The summed E-state index contributed by atoms with van der Waals surface area (Å²) in [7, 11) is -3.79. The number of halogens is 1. The van der Waals surface area contributed by atoms with Crippen molar-refractivity contribution in [3.63, 3.8) is 0 Å². The van der Waals surface area contributed by atoms with Crippen LogP contribution in [0.25, 0.3) is 0 Å². The van der Waals surface area contributed by atoms with E-state index in [1.807, 2.05) is 0 Å². The van der Waals surface area contributed by atoms with Gasteiger partial charge in [-0.15, -0.1) is 0 Å². The molecule has 8 nitrogen and oxygen atoms in total. The van der Waals surface area contributed by atoms with Crippen LogP contribution in [0.5, 0.6) is 0 Å². The molecule has 0 aromatic heterocycles. The molecular formula is C19H18ClN3O5S. The number of carbonyl (C=O) groups excluding carboxylic acids is 3. The molecule has 0 bridgehead atoms. The van der Waals surface area contributed by atoms with Gasteiger partial charge in [-0.2, -0.15) is 0 Å². The van der Waals surface area contributed by atoms with Gasteiger partial charge >= 0.3 is 0 Å². The third-order valence-corrected chi connectivity index (χ3v) is 6.45. The molecule has 1 aliphatic heterocycles. The third kappa shape index (κ3) is 4.41. The molecule has 152 valence electrons. The summed E-state index contributed by atoms with van der Waals surface area (Å²) >= 11 is 6.12. The topological polar surface area (TPSA) is 113 Å². The van der Waals surface area contributed by atoms with Crippen LogP contribution < -0.4 is 14.9 Å². The first kappa shape index (κ1) is 20.8. The summed E-state index contributed by atoms with van der Waals surface area (Å²) in [5.41, 5.74) is 1.11. The Hall–Kier alpha value is -2.91. The van der Waals surface area contributed by atoms with Gasteiger partial charge in [0, 0.05) is 18.3 Å². The first-order valence-corrected chi connectivity index (χ1v) is 10.6. The van der Waals surface area contributed by atoms with E-state index in [1.54, 1.807) is 24.3 Å². The zero-order valence-electron chi connectivity index (χ0n) is 15.6. The summed E-state index contributed by atoms with van der Waals surface area (Å²) in [6.45, 7) is 2.92. The number of benzene rings is 2. The second kappa shape index (κ2) is 7.84. The first-order chi connectivity index (χ1) is 13.6. The predicted octanol–water partition coefficient (Wildman–Crippen LogP) is 2.86. The third-order valence-electron chi connectivity index (χ3n) is 4.25. The van der Waals surface area contributed by atoms with Gasteiger partial charge in [0.15, 0.2) is 0 Å². The van der Waals surface area contributed by atoms with Crippen molar-refractivity contribution in [3.05, 3.63) is 53.1 Å². The van der Waals surface area contributed by atoms with Crippen molar-refractivity contribution in [1.82, 2.24) is 0 Å². The van der Waals surface area contributed by atoms with E-state index in [-0.39, 0.29) is 27.9 Å². The molecule has 2 aromatic rings. The number of nitrogens with one attached hydrogen (secondary N) is 2. The fraction of sp³-hybridized carbons (Fsp3) is 0.211. The maximum Gasteiger partial charge on any atom is 0.257 e. The highest BCUT2D eigenvalue weighted by atomic mass is 35.5. The Bertz CT molecular complexity index is 1100. The van der Waals surface area contributed by atoms with Crippen LogP contribution in [-0.2, 0) is 19.6 Å². The van der Waals surface area contributed by atoms with Gasteiger partial charge < -0.3 is 10.6 Å². The highest BCUT2D eigenvalue weighted by Crippen LogP contribution is 2.31. The molecule has 29 heavy (non-hydrogen) atoms. The summed E-state index contributed by atoms with van der Waals surface area (Å²) in [6, 6.07) is 10.5. The monoisotopic (exact) mass is 435 g/mol. The highest BCUT2D eigenvalue weighted by Gasteiger charge is 2.42. The summed E-state index contributed by atoms with van der Waals surface area (Å²) in [6.07, 6.45) is 0. The van der Waals surface area contributed by atoms with Gasteiger partial charge in [-0.25, -0.2) is 12.7 Å². The highest BCUT2D eigenvalue weighted by molar-refractivity contribution is 7.94. The average molecular weight is 436 g/mol. The minimum absolute atomic E-state index is 0.0256. The van der Waals surface area contributed by atoms with Gasteiger partial charge in [-0.05, 0) is 42.5 Å². The van der Waals surface area contributed by atoms with Crippen LogP contribution in [0.2, 0.25) is 5.02 Å². The first-order valence-electron chi connectivity index (χ1n) is 8.64. The SMILES string of the molecule is CC(=O)Nc1ccc(NC(=O)c2cc(N3C(=O)C(C)CS3(=O)=O)ccc2Cl)cc1. The minimum atomic E-state index is -3.79. The van der Waals surface area contributed by atoms with Gasteiger partial charge in [-0.1, -0.05) is 18.5 Å². The smallest absolute Gasteiger partial charge is 0.257 e. The predicted molar refractivity (Wildman–Crippen MR) is 111 cm³/mol. The molecule has 0 aliphatic carbocycles. The molecule has 0 spiro atoms. The van der Waals surface area contributed by atoms with Crippen LogP contribution in [-0.4, -0.2) is 31.9 Å². The van der Waals surface area contributed by atoms with Crippen LogP contribution in [0, 0.1) is 5.92 Å². The summed E-state index contributed by atoms with van der Waals surface area (Å²) in [5, 5.41) is 5.37. The summed E-state index contributed by atoms with van der Waals surface area (Å²) in [4.78, 5) is 36.0. The van der Waals surface area contributed by atoms with Crippen LogP contribution >= 0.6 is 11.6 Å². The van der Waals surface area contributed by atoms with E-state index < -0.39 is 27.8 Å². The summed E-state index contributed by atoms with van der Waals surface area (Å²) in [5.74, 6) is -2.27. The maximum atomic E-state index is 12.7. The lowest BCUT2D eigenvalue weighted by Crippen LogP contribution is -2.30. The quantitative estimate of drug-likeness (QED) is 0.766. The maximum absolute atomic E-state index is 12.7. The molecule has 0 saturated carbocycles. The molecule has 3 rings (SSSR count). The van der Waals surface area contributed by atoms with E-state index in [2.05, 4.69) is 10.6 Å². The number of nitrogens with zero attached hydrogens (tertiary/aromatic N) is 1. The Morgan fingerprint density at radius 2 is 1.66 bits per heavy atom. The second-order valence-corrected chi connectivity index (χ2v) is 8.93. The van der Waals surface area contributed by atoms with Crippen molar-refractivity contribution in [2.24, 2.45) is 5.92 Å². The van der Waals surface area contributed by atoms with Crippen LogP contribution in [0.4, 0.5) is 17.1 Å². The lowest BCUT2D eigenvalue weighted by Gasteiger charge is -2.17. The van der Waals surface area contributed by atoms with Crippen LogP contribution in [0.15, 0.2) is 42.5 Å². The van der Waals surface area contributed by atoms with E-state index in [4.69, 9.17) is 11.6 Å². The van der Waals surface area contributed by atoms with E-state index in [0.717, 1.165) is 0 Å². The van der Waals surface area contributed by atoms with E-state index in [1.165, 1.54) is 32.0 Å². The Labute approximate surface area is 172 Å². The molecule has 1 aliphatic rings. The minimum Gasteiger partial charge on any atom is -0.326 e. The van der Waals surface area contributed by atoms with Crippen molar-refractivity contribution in [2.75, 3.05) is 20.7 Å².